The van der Waals surface area contributed by atoms with Gasteiger partial charge >= 0.3 is 15.2 Å². The second-order valence-corrected chi connectivity index (χ2v) is 35.0. The Morgan fingerprint density at radius 3 is 1.50 bits per heavy atom. The minimum absolute atomic E-state index is 0.0432. The number of rotatable bonds is 31. The molecule has 0 aliphatic heterocycles. The van der Waals surface area contributed by atoms with Crippen LogP contribution in [0.25, 0.3) is 10.4 Å². The highest BCUT2D eigenvalue weighted by atomic mass is 32.4. The molecule has 0 saturated heterocycles. The van der Waals surface area contributed by atoms with Crippen molar-refractivity contribution in [2.45, 2.75) is 6.42 Å². The summed E-state index contributed by atoms with van der Waals surface area (Å²) in [5, 5.41) is 12.3. The second kappa shape index (κ2) is 31.7. The van der Waals surface area contributed by atoms with Gasteiger partial charge in [0.05, 0.1) is 26.9 Å². The van der Waals surface area contributed by atoms with Crippen LogP contribution in [-0.2, 0) is 57.3 Å². The van der Waals surface area contributed by atoms with Gasteiger partial charge in [0.1, 0.15) is 44.1 Å². The van der Waals surface area contributed by atoms with Gasteiger partial charge in [-0.1, -0.05) is 86.6 Å². The van der Waals surface area contributed by atoms with Crippen molar-refractivity contribution in [2.75, 3.05) is 68.4 Å². The van der Waals surface area contributed by atoms with Crippen molar-refractivity contribution >= 4 is 113 Å². The molecule has 0 bridgehead atoms. The SMILES string of the molecule is COP(=O)(CN(CCc1ccc(O[PH](=S)N(C)N=Cc2ccc(OCN=P(c3ccccc3)(c3ccccc3)c3ccc(O[PH](=S)N(C)N=Cc4ccc(OPP(P)N=[N+]=[N-])cc4)cc3)cc2)cc1)CP(=O)(OC)OC)OC. The highest BCUT2D eigenvalue weighted by Gasteiger charge is 2.32. The Kier molecular flexibility index (Phi) is 25.7. The van der Waals surface area contributed by atoms with Crippen molar-refractivity contribution in [1.82, 2.24) is 14.5 Å². The standard InChI is InChI=1S/C49H61N9O10P8S2/c1-56(72(77)67-45-27-17-40(18-28-45)33-34-58(38-74(59,61-3)62-4)39-75(60,63-5)64-6)51-35-41-19-23-43(24-20-41)65-37-53-76(47-13-9-7-10-14-47,48-15-11-8-12-16-48)49-31-29-46(30-32-49)68-73(78)57(2)52-36-42-21-25-44(26-22-42)66-70-71(69)55-54-50/h7-32,35-36,70,72-73H,33-34,37-39,69H2,1-6H3. The molecule has 0 aliphatic carbocycles. The minimum atomic E-state index is -3.45. The van der Waals surface area contributed by atoms with Crippen LogP contribution < -0.4 is 34.2 Å². The molecular formula is C49H61N9O10P8S2. The van der Waals surface area contributed by atoms with Crippen LogP contribution in [-0.4, -0.2) is 95.3 Å². The van der Waals surface area contributed by atoms with E-state index in [-0.39, 0.29) is 27.8 Å². The molecule has 0 spiro atoms. The molecular weight excluding hydrogens is 1190 g/mol. The first kappa shape index (κ1) is 63.0. The van der Waals surface area contributed by atoms with E-state index in [1.54, 1.807) is 41.0 Å². The van der Waals surface area contributed by atoms with Gasteiger partial charge in [0.2, 0.25) is 14.1 Å². The van der Waals surface area contributed by atoms with E-state index in [1.165, 1.54) is 28.4 Å². The lowest BCUT2D eigenvalue weighted by molar-refractivity contribution is 0.224. The van der Waals surface area contributed by atoms with E-state index in [9.17, 15) is 9.13 Å². The Balaban J connectivity index is 1.07. The molecule has 0 aromatic heterocycles. The lowest BCUT2D eigenvalue weighted by Crippen LogP contribution is -2.29. The summed E-state index contributed by atoms with van der Waals surface area (Å²) in [6.07, 6.45) is 3.76. The first-order valence-electron chi connectivity index (χ1n) is 23.5. The van der Waals surface area contributed by atoms with Gasteiger partial charge in [-0.3, -0.25) is 18.8 Å². The molecule has 414 valence electrons. The maximum absolute atomic E-state index is 12.9. The molecule has 0 amide bonds. The Bertz CT molecular complexity index is 3090. The van der Waals surface area contributed by atoms with E-state index in [0.29, 0.717) is 36.0 Å². The van der Waals surface area contributed by atoms with Crippen LogP contribution in [0, 0.1) is 0 Å². The lowest BCUT2D eigenvalue weighted by atomic mass is 10.1. The summed E-state index contributed by atoms with van der Waals surface area (Å²) in [7, 11) is -3.10. The fraction of sp³-hybridized carbons (Fsp3) is 0.224. The average Bonchev–Trinajstić information content (AvgIpc) is 3.56. The summed E-state index contributed by atoms with van der Waals surface area (Å²) in [6, 6.07) is 51.1. The van der Waals surface area contributed by atoms with Gasteiger partial charge in [0.25, 0.3) is 0 Å². The first-order valence-corrected chi connectivity index (χ1v) is 38.3. The van der Waals surface area contributed by atoms with Crippen molar-refractivity contribution in [1.29, 1.82) is 0 Å². The summed E-state index contributed by atoms with van der Waals surface area (Å²) >= 11 is 11.5. The minimum Gasteiger partial charge on any atom is -0.472 e. The quantitative estimate of drug-likeness (QED) is 0.00992. The molecule has 78 heavy (non-hydrogen) atoms. The van der Waals surface area contributed by atoms with Crippen molar-refractivity contribution in [3.8, 4) is 23.0 Å². The first-order chi connectivity index (χ1) is 37.6. The summed E-state index contributed by atoms with van der Waals surface area (Å²) in [4.78, 5) is 8.18. The highest BCUT2D eigenvalue weighted by molar-refractivity contribution is 8.46. The van der Waals surface area contributed by atoms with E-state index in [1.807, 2.05) is 121 Å². The number of benzene rings is 6. The smallest absolute Gasteiger partial charge is 0.344 e. The van der Waals surface area contributed by atoms with E-state index in [0.717, 1.165) is 32.6 Å². The Morgan fingerprint density at radius 2 is 1.05 bits per heavy atom. The van der Waals surface area contributed by atoms with Gasteiger partial charge in [-0.25, -0.2) is 9.56 Å². The zero-order chi connectivity index (χ0) is 56.0. The number of azide groups is 1. The molecule has 0 radical (unpaired) electrons. The van der Waals surface area contributed by atoms with E-state index < -0.39 is 43.8 Å². The van der Waals surface area contributed by atoms with Gasteiger partial charge < -0.3 is 36.4 Å². The van der Waals surface area contributed by atoms with E-state index >= 15 is 0 Å². The Hall–Kier alpha value is -4.15. The van der Waals surface area contributed by atoms with Crippen molar-refractivity contribution in [3.63, 3.8) is 0 Å². The van der Waals surface area contributed by atoms with Gasteiger partial charge in [0, 0.05) is 69.9 Å². The average molecular weight is 1250 g/mol. The maximum atomic E-state index is 12.9. The fourth-order valence-electron chi connectivity index (χ4n) is 7.13. The predicted molar refractivity (Wildman–Crippen MR) is 334 cm³/mol. The number of hydrogen-bond donors (Lipinski definition) is 0. The molecule has 0 fully saturated rings. The molecule has 5 atom stereocenters. The topological polar surface area (TPSA) is 204 Å². The third-order valence-corrected chi connectivity index (χ3v) is 26.1. The number of hydrazone groups is 2. The van der Waals surface area contributed by atoms with Crippen LogP contribution in [0.15, 0.2) is 178 Å². The third-order valence-electron chi connectivity index (χ3n) is 11.3. The summed E-state index contributed by atoms with van der Waals surface area (Å²) in [6.45, 7) is 0.452. The largest absolute Gasteiger partial charge is 0.472 e. The van der Waals surface area contributed by atoms with Crippen LogP contribution >= 0.6 is 61.3 Å². The third kappa shape index (κ3) is 19.0. The molecule has 19 nitrogen and oxygen atoms in total. The molecule has 0 aliphatic rings. The number of ether oxygens (including phenoxy) is 1. The molecule has 6 aromatic rings. The predicted octanol–water partition coefficient (Wildman–Crippen LogP) is 13.0. The van der Waals surface area contributed by atoms with E-state index in [4.69, 9.17) is 70.3 Å². The van der Waals surface area contributed by atoms with Gasteiger partial charge in [0.15, 0.2) is 6.73 Å². The number of nitrogens with zero attached hydrogens (tertiary/aromatic N) is 9. The van der Waals surface area contributed by atoms with Crippen molar-refractivity contribution in [2.24, 2.45) is 19.8 Å². The Morgan fingerprint density at radius 1 is 0.628 bits per heavy atom. The monoisotopic (exact) mass is 1250 g/mol. The zero-order valence-electron chi connectivity index (χ0n) is 43.5. The van der Waals surface area contributed by atoms with Crippen molar-refractivity contribution < 1.29 is 45.5 Å². The molecule has 5 unspecified atom stereocenters. The summed E-state index contributed by atoms with van der Waals surface area (Å²) in [5.41, 5.74) is 11.3. The second-order valence-electron chi connectivity index (χ2n) is 16.4. The normalized spacial score (nSPS) is 13.3. The maximum Gasteiger partial charge on any atom is 0.344 e. The number of hydrogen-bond acceptors (Lipinski definition) is 17. The van der Waals surface area contributed by atoms with Gasteiger partial charge in [-0.05, 0) is 137 Å². The molecule has 6 rings (SSSR count). The van der Waals surface area contributed by atoms with Crippen molar-refractivity contribution in [3.05, 3.63) is 185 Å². The fourth-order valence-corrected chi connectivity index (χ4v) is 16.9. The Labute approximate surface area is 472 Å². The highest BCUT2D eigenvalue weighted by Crippen LogP contribution is 2.63. The van der Waals surface area contributed by atoms with Gasteiger partial charge in [-0.15, -0.1) is 0 Å². The van der Waals surface area contributed by atoms with E-state index in [2.05, 4.69) is 65.3 Å². The van der Waals surface area contributed by atoms with Crippen LogP contribution in [0.5, 0.6) is 23.0 Å². The molecule has 0 saturated carbocycles. The van der Waals surface area contributed by atoms with Crippen LogP contribution in [0.4, 0.5) is 0 Å². The molecule has 6 aromatic carbocycles. The van der Waals surface area contributed by atoms with Crippen LogP contribution in [0.3, 0.4) is 0 Å². The van der Waals surface area contributed by atoms with Crippen LogP contribution in [0.2, 0.25) is 0 Å². The zero-order valence-corrected chi connectivity index (χ0v) is 52.9. The molecule has 0 N–H and O–H groups in total. The summed E-state index contributed by atoms with van der Waals surface area (Å²) < 4.78 is 79.6. The van der Waals surface area contributed by atoms with Gasteiger partial charge in [-0.2, -0.15) is 10.2 Å². The molecule has 29 heteroatoms. The molecule has 0 heterocycles. The van der Waals surface area contributed by atoms with Crippen LogP contribution in [0.1, 0.15) is 16.7 Å². The summed E-state index contributed by atoms with van der Waals surface area (Å²) in [5.74, 6) is 2.53. The lowest BCUT2D eigenvalue weighted by Gasteiger charge is -2.27.